The van der Waals surface area contributed by atoms with Gasteiger partial charge in [0.1, 0.15) is 6.61 Å². The first kappa shape index (κ1) is 30.0. The van der Waals surface area contributed by atoms with Crippen LogP contribution in [0.15, 0.2) is 87.7 Å². The average Bonchev–Trinajstić information content (AvgIpc) is 3.00. The Morgan fingerprint density at radius 1 is 0.884 bits per heavy atom. The van der Waals surface area contributed by atoms with Crippen molar-refractivity contribution in [2.24, 2.45) is 0 Å². The first-order valence-corrected chi connectivity index (χ1v) is 16.2. The van der Waals surface area contributed by atoms with E-state index in [4.69, 9.17) is 32.7 Å². The predicted molar refractivity (Wildman–Crippen MR) is 173 cm³/mol. The fourth-order valence-corrected chi connectivity index (χ4v) is 7.58. The molecule has 222 valence electrons. The molecule has 0 unspecified atom stereocenters. The van der Waals surface area contributed by atoms with Crippen molar-refractivity contribution in [1.29, 1.82) is 0 Å². The summed E-state index contributed by atoms with van der Waals surface area (Å²) in [7, 11) is 1.59. The second-order valence-corrected chi connectivity index (χ2v) is 12.9. The van der Waals surface area contributed by atoms with E-state index in [-0.39, 0.29) is 18.2 Å². The lowest BCUT2D eigenvalue weighted by molar-refractivity contribution is -0.117. The van der Waals surface area contributed by atoms with E-state index in [0.717, 1.165) is 72.3 Å². The molecular weight excluding hydrogens is 649 g/mol. The van der Waals surface area contributed by atoms with Gasteiger partial charge in [0.2, 0.25) is 0 Å². The smallest absolute Gasteiger partial charge is 0.175 e. The molecule has 0 saturated heterocycles. The largest absolute Gasteiger partial charge is 0.493 e. The minimum Gasteiger partial charge on any atom is -0.493 e. The maximum atomic E-state index is 13.7. The molecule has 3 aromatic rings. The van der Waals surface area contributed by atoms with Crippen LogP contribution in [0.4, 0.5) is 0 Å². The van der Waals surface area contributed by atoms with Gasteiger partial charge in [0, 0.05) is 63.5 Å². The molecule has 8 heteroatoms. The Bertz CT molecular complexity index is 1600. The van der Waals surface area contributed by atoms with Crippen molar-refractivity contribution >= 4 is 50.7 Å². The maximum absolute atomic E-state index is 13.7. The summed E-state index contributed by atoms with van der Waals surface area (Å²) in [6.45, 7) is 0.952. The van der Waals surface area contributed by atoms with E-state index < -0.39 is 5.92 Å². The number of rotatable bonds is 8. The van der Waals surface area contributed by atoms with Crippen LogP contribution < -0.4 is 9.47 Å². The number of ketones is 2. The zero-order valence-electron chi connectivity index (χ0n) is 23.9. The van der Waals surface area contributed by atoms with Gasteiger partial charge in [-0.2, -0.15) is 0 Å². The van der Waals surface area contributed by atoms with Gasteiger partial charge in [-0.05, 0) is 83.4 Å². The zero-order chi connectivity index (χ0) is 30.1. The fourth-order valence-electron chi connectivity index (χ4n) is 6.54. The Labute approximate surface area is 270 Å². The molecule has 0 aromatic heterocycles. The lowest BCUT2D eigenvalue weighted by Gasteiger charge is -2.44. The second-order valence-electron chi connectivity index (χ2n) is 11.2. The van der Waals surface area contributed by atoms with Crippen molar-refractivity contribution in [3.8, 4) is 11.5 Å². The monoisotopic (exact) mass is 679 g/mol. The minimum atomic E-state index is -0.441. The molecule has 3 aromatic carbocycles. The number of hydrogen-bond donors (Lipinski definition) is 0. The average molecular weight is 681 g/mol. The molecule has 0 spiro atoms. The summed E-state index contributed by atoms with van der Waals surface area (Å²) in [5, 5.41) is 1.07. The van der Waals surface area contributed by atoms with Crippen molar-refractivity contribution in [3.63, 3.8) is 0 Å². The zero-order valence-corrected chi connectivity index (χ0v) is 27.0. The highest BCUT2D eigenvalue weighted by atomic mass is 79.9. The number of ether oxygens (including phenoxy) is 2. The van der Waals surface area contributed by atoms with Crippen LogP contribution >= 0.6 is 39.1 Å². The molecular formula is C35H32BrCl2NO4. The van der Waals surface area contributed by atoms with Gasteiger partial charge in [0.15, 0.2) is 23.1 Å². The van der Waals surface area contributed by atoms with Crippen LogP contribution in [0.5, 0.6) is 11.5 Å². The van der Waals surface area contributed by atoms with Crippen molar-refractivity contribution in [2.45, 2.75) is 57.5 Å². The molecule has 0 saturated carbocycles. The molecule has 43 heavy (non-hydrogen) atoms. The Kier molecular flexibility index (Phi) is 8.99. The number of halogens is 3. The summed E-state index contributed by atoms with van der Waals surface area (Å²) in [4.78, 5) is 29.8. The SMILES string of the molecule is COc1cc(C2C3=C(CCCC3=O)N(CCc3ccccc3)C3=C2C(=O)CCC3)cc(Br)c1OCc1ccc(Cl)cc1Cl. The van der Waals surface area contributed by atoms with Crippen LogP contribution in [0.3, 0.4) is 0 Å². The number of allylic oxidation sites excluding steroid dienone is 4. The molecule has 1 heterocycles. The van der Waals surface area contributed by atoms with Gasteiger partial charge >= 0.3 is 0 Å². The lowest BCUT2D eigenvalue weighted by atomic mass is 9.71. The Hall–Kier alpha value is -3.06. The van der Waals surface area contributed by atoms with E-state index in [2.05, 4.69) is 33.0 Å². The van der Waals surface area contributed by atoms with Crippen LogP contribution in [0.25, 0.3) is 0 Å². The third-order valence-electron chi connectivity index (χ3n) is 8.53. The predicted octanol–water partition coefficient (Wildman–Crippen LogP) is 9.00. The van der Waals surface area contributed by atoms with E-state index in [1.54, 1.807) is 19.2 Å². The lowest BCUT2D eigenvalue weighted by Crippen LogP contribution is -2.40. The summed E-state index contributed by atoms with van der Waals surface area (Å²) < 4.78 is 12.7. The molecule has 0 bridgehead atoms. The minimum absolute atomic E-state index is 0.119. The van der Waals surface area contributed by atoms with Crippen molar-refractivity contribution in [3.05, 3.63) is 114 Å². The highest BCUT2D eigenvalue weighted by Crippen LogP contribution is 2.51. The first-order chi connectivity index (χ1) is 20.9. The molecule has 0 amide bonds. The molecule has 3 aliphatic rings. The number of nitrogens with zero attached hydrogens (tertiary/aromatic N) is 1. The Morgan fingerprint density at radius 3 is 2.19 bits per heavy atom. The number of hydrogen-bond acceptors (Lipinski definition) is 5. The van der Waals surface area contributed by atoms with Crippen LogP contribution in [-0.4, -0.2) is 30.1 Å². The third kappa shape index (κ3) is 6.02. The normalized spacial score (nSPS) is 17.3. The first-order valence-electron chi connectivity index (χ1n) is 14.6. The van der Waals surface area contributed by atoms with Crippen LogP contribution in [-0.2, 0) is 22.6 Å². The van der Waals surface area contributed by atoms with E-state index >= 15 is 0 Å². The van der Waals surface area contributed by atoms with Crippen LogP contribution in [0, 0.1) is 0 Å². The fraction of sp³-hybridized carbons (Fsp3) is 0.314. The number of carbonyl (C=O) groups excluding carboxylic acids is 2. The quantitative estimate of drug-likeness (QED) is 0.238. The van der Waals surface area contributed by atoms with E-state index in [0.29, 0.717) is 38.9 Å². The van der Waals surface area contributed by atoms with Gasteiger partial charge < -0.3 is 14.4 Å². The van der Waals surface area contributed by atoms with Crippen molar-refractivity contribution in [1.82, 2.24) is 4.90 Å². The summed E-state index contributed by atoms with van der Waals surface area (Å²) in [5.41, 5.74) is 6.51. The van der Waals surface area contributed by atoms with Gasteiger partial charge in [-0.3, -0.25) is 9.59 Å². The van der Waals surface area contributed by atoms with Crippen LogP contribution in [0.1, 0.15) is 61.1 Å². The third-order valence-corrected chi connectivity index (χ3v) is 9.70. The molecule has 5 nitrogen and oxygen atoms in total. The molecule has 6 rings (SSSR count). The van der Waals surface area contributed by atoms with Crippen LogP contribution in [0.2, 0.25) is 10.0 Å². The van der Waals surface area contributed by atoms with Crippen molar-refractivity contribution in [2.75, 3.05) is 13.7 Å². The van der Waals surface area contributed by atoms with Gasteiger partial charge in [-0.1, -0.05) is 59.6 Å². The van der Waals surface area contributed by atoms with Gasteiger partial charge in [0.05, 0.1) is 11.6 Å². The number of methoxy groups -OCH3 is 1. The number of carbonyl (C=O) groups is 2. The van der Waals surface area contributed by atoms with Crippen molar-refractivity contribution < 1.29 is 19.1 Å². The molecule has 0 N–H and O–H groups in total. The molecule has 0 atom stereocenters. The van der Waals surface area contributed by atoms with Gasteiger partial charge in [0.25, 0.3) is 0 Å². The summed E-state index contributed by atoms with van der Waals surface area (Å²) in [6.07, 6.45) is 5.08. The summed E-state index contributed by atoms with van der Waals surface area (Å²) in [6, 6.07) is 19.5. The maximum Gasteiger partial charge on any atom is 0.175 e. The number of Topliss-reactive ketones (excluding diaryl/α,β-unsaturated/α-hetero) is 2. The molecule has 1 aliphatic heterocycles. The van der Waals surface area contributed by atoms with Gasteiger partial charge in [-0.15, -0.1) is 0 Å². The second kappa shape index (κ2) is 12.9. The number of benzene rings is 3. The van der Waals surface area contributed by atoms with E-state index in [1.165, 1.54) is 5.56 Å². The molecule has 0 radical (unpaired) electrons. The van der Waals surface area contributed by atoms with Gasteiger partial charge in [-0.25, -0.2) is 0 Å². The topological polar surface area (TPSA) is 55.8 Å². The highest BCUT2D eigenvalue weighted by Gasteiger charge is 2.43. The van der Waals surface area contributed by atoms with E-state index in [1.807, 2.05) is 36.4 Å². The Balaban J connectivity index is 1.40. The Morgan fingerprint density at radius 2 is 1.56 bits per heavy atom. The van der Waals surface area contributed by atoms with E-state index in [9.17, 15) is 9.59 Å². The summed E-state index contributed by atoms with van der Waals surface area (Å²) in [5.74, 6) is 0.827. The molecule has 0 fully saturated rings. The highest BCUT2D eigenvalue weighted by molar-refractivity contribution is 9.10. The standard InChI is InChI=1S/C35H32BrCl2NO4/c1-42-31-18-23(17-25(36)35(31)43-20-22-13-14-24(37)19-26(22)38)32-33-27(9-5-11-29(33)40)39(16-15-21-7-3-2-4-8-21)28-10-6-12-30(41)34(28)32/h2-4,7-8,13-14,17-19,32H,5-6,9-12,15-16,20H2,1H3. The summed E-state index contributed by atoms with van der Waals surface area (Å²) >= 11 is 16.1. The molecule has 2 aliphatic carbocycles.